The van der Waals surface area contributed by atoms with E-state index in [1.165, 1.54) is 0 Å². The van der Waals surface area contributed by atoms with Gasteiger partial charge in [0.2, 0.25) is 11.8 Å². The van der Waals surface area contributed by atoms with Crippen molar-refractivity contribution in [2.75, 3.05) is 19.6 Å². The van der Waals surface area contributed by atoms with Gasteiger partial charge in [-0.2, -0.15) is 0 Å². The number of carbonyl (C=O) groups is 2. The molecule has 3 rings (SSSR count). The Morgan fingerprint density at radius 3 is 2.77 bits per heavy atom. The lowest BCUT2D eigenvalue weighted by Gasteiger charge is -2.37. The second-order valence-corrected chi connectivity index (χ2v) is 6.13. The zero-order valence-electron chi connectivity index (χ0n) is 12.7. The molecule has 2 amide bonds. The number of nitrogens with zero attached hydrogens (tertiary/aromatic N) is 2. The first-order chi connectivity index (χ1) is 10.6. The minimum atomic E-state index is 0.0258. The Balaban J connectivity index is 1.63. The maximum Gasteiger partial charge on any atom is 0.227 e. The van der Waals surface area contributed by atoms with Crippen molar-refractivity contribution < 1.29 is 14.7 Å². The standard InChI is InChI=1S/C17H22N2O3/c20-15-7-2-1-5-13(15)11-17(22)18-9-3-6-14(12-18)19-10-4-8-16(19)21/h1-2,5,7,14,20H,3-4,6,8-12H2/t14-/m0/s1. The molecule has 0 unspecified atom stereocenters. The van der Waals surface area contributed by atoms with Crippen LogP contribution in [-0.4, -0.2) is 52.4 Å². The summed E-state index contributed by atoms with van der Waals surface area (Å²) in [5, 5.41) is 9.79. The van der Waals surface area contributed by atoms with Crippen LogP contribution in [0.2, 0.25) is 0 Å². The Morgan fingerprint density at radius 2 is 2.05 bits per heavy atom. The van der Waals surface area contributed by atoms with Gasteiger partial charge in [0.05, 0.1) is 6.42 Å². The van der Waals surface area contributed by atoms with Gasteiger partial charge in [0, 0.05) is 37.7 Å². The molecule has 5 heteroatoms. The SMILES string of the molecule is O=C(Cc1ccccc1O)N1CCC[C@H](N2CCCC2=O)C1. The molecule has 0 bridgehead atoms. The summed E-state index contributed by atoms with van der Waals surface area (Å²) < 4.78 is 0. The number of rotatable bonds is 3. The molecule has 2 fully saturated rings. The van der Waals surface area contributed by atoms with Crippen LogP contribution in [0.3, 0.4) is 0 Å². The number of phenolic OH excluding ortho intramolecular Hbond substituents is 1. The minimum Gasteiger partial charge on any atom is -0.508 e. The minimum absolute atomic E-state index is 0.0258. The molecule has 2 aliphatic heterocycles. The zero-order valence-corrected chi connectivity index (χ0v) is 12.7. The van der Waals surface area contributed by atoms with Gasteiger partial charge in [-0.1, -0.05) is 18.2 Å². The van der Waals surface area contributed by atoms with Gasteiger partial charge in [-0.15, -0.1) is 0 Å². The summed E-state index contributed by atoms with van der Waals surface area (Å²) in [5.41, 5.74) is 0.659. The number of aromatic hydroxyl groups is 1. The van der Waals surface area contributed by atoms with Crippen LogP contribution in [0, 0.1) is 0 Å². The quantitative estimate of drug-likeness (QED) is 0.921. The highest BCUT2D eigenvalue weighted by Gasteiger charge is 2.32. The van der Waals surface area contributed by atoms with Gasteiger partial charge in [0.25, 0.3) is 0 Å². The number of carbonyl (C=O) groups excluding carboxylic acids is 2. The van der Waals surface area contributed by atoms with Gasteiger partial charge in [0.1, 0.15) is 5.75 Å². The van der Waals surface area contributed by atoms with Crippen molar-refractivity contribution in [2.45, 2.75) is 38.1 Å². The molecule has 0 saturated carbocycles. The second-order valence-electron chi connectivity index (χ2n) is 6.13. The molecule has 2 saturated heterocycles. The lowest BCUT2D eigenvalue weighted by atomic mass is 10.0. The lowest BCUT2D eigenvalue weighted by Crippen LogP contribution is -2.50. The normalized spacial score (nSPS) is 22.2. The molecule has 0 radical (unpaired) electrons. The maximum atomic E-state index is 12.5. The van der Waals surface area contributed by atoms with Gasteiger partial charge < -0.3 is 14.9 Å². The largest absolute Gasteiger partial charge is 0.508 e. The van der Waals surface area contributed by atoms with E-state index in [-0.39, 0.29) is 30.0 Å². The van der Waals surface area contributed by atoms with Gasteiger partial charge in [-0.3, -0.25) is 9.59 Å². The highest BCUT2D eigenvalue weighted by molar-refractivity contribution is 5.80. The van der Waals surface area contributed by atoms with E-state index in [1.807, 2.05) is 15.9 Å². The molecular formula is C17H22N2O3. The first-order valence-electron chi connectivity index (χ1n) is 7.99. The summed E-state index contributed by atoms with van der Waals surface area (Å²) in [7, 11) is 0. The Hall–Kier alpha value is -2.04. The van der Waals surface area contributed by atoms with E-state index in [4.69, 9.17) is 0 Å². The van der Waals surface area contributed by atoms with Crippen molar-refractivity contribution in [2.24, 2.45) is 0 Å². The molecule has 22 heavy (non-hydrogen) atoms. The van der Waals surface area contributed by atoms with Crippen molar-refractivity contribution >= 4 is 11.8 Å². The number of amides is 2. The first kappa shape index (κ1) is 14.9. The summed E-state index contributed by atoms with van der Waals surface area (Å²) >= 11 is 0. The Bertz CT molecular complexity index is 573. The van der Waals surface area contributed by atoms with Gasteiger partial charge >= 0.3 is 0 Å². The monoisotopic (exact) mass is 302 g/mol. The Kier molecular flexibility index (Phi) is 4.32. The van der Waals surface area contributed by atoms with E-state index in [9.17, 15) is 14.7 Å². The average molecular weight is 302 g/mol. The van der Waals surface area contributed by atoms with Crippen LogP contribution < -0.4 is 0 Å². The summed E-state index contributed by atoms with van der Waals surface area (Å²) in [4.78, 5) is 28.1. The fourth-order valence-corrected chi connectivity index (χ4v) is 3.43. The molecule has 0 aromatic heterocycles. The van der Waals surface area contributed by atoms with Crippen LogP contribution >= 0.6 is 0 Å². The lowest BCUT2D eigenvalue weighted by molar-refractivity contribution is -0.137. The fraction of sp³-hybridized carbons (Fsp3) is 0.529. The van der Waals surface area contributed by atoms with Crippen LogP contribution in [-0.2, 0) is 16.0 Å². The van der Waals surface area contributed by atoms with E-state index >= 15 is 0 Å². The molecule has 1 aromatic carbocycles. The van der Waals surface area contributed by atoms with Crippen molar-refractivity contribution in [1.82, 2.24) is 9.80 Å². The van der Waals surface area contributed by atoms with Crippen LogP contribution in [0.1, 0.15) is 31.2 Å². The number of hydrogen-bond donors (Lipinski definition) is 1. The molecule has 0 aliphatic carbocycles. The third-order valence-electron chi connectivity index (χ3n) is 4.63. The van der Waals surface area contributed by atoms with Crippen molar-refractivity contribution in [3.05, 3.63) is 29.8 Å². The number of benzene rings is 1. The van der Waals surface area contributed by atoms with Crippen LogP contribution in [0.4, 0.5) is 0 Å². The van der Waals surface area contributed by atoms with E-state index in [1.54, 1.807) is 18.2 Å². The highest BCUT2D eigenvalue weighted by Crippen LogP contribution is 2.23. The molecule has 1 atom stereocenters. The molecule has 118 valence electrons. The number of likely N-dealkylation sites (tertiary alicyclic amines) is 2. The van der Waals surface area contributed by atoms with Gasteiger partial charge in [0.15, 0.2) is 0 Å². The molecule has 2 heterocycles. The number of phenols is 1. The molecule has 1 N–H and O–H groups in total. The van der Waals surface area contributed by atoms with Gasteiger partial charge in [-0.05, 0) is 25.3 Å². The number of piperidine rings is 1. The Morgan fingerprint density at radius 1 is 1.23 bits per heavy atom. The topological polar surface area (TPSA) is 60.9 Å². The number of hydrogen-bond acceptors (Lipinski definition) is 3. The third-order valence-corrected chi connectivity index (χ3v) is 4.63. The Labute approximate surface area is 130 Å². The maximum absolute atomic E-state index is 12.5. The van der Waals surface area contributed by atoms with Crippen LogP contribution in [0.5, 0.6) is 5.75 Å². The first-order valence-corrected chi connectivity index (χ1v) is 7.99. The van der Waals surface area contributed by atoms with Gasteiger partial charge in [-0.25, -0.2) is 0 Å². The third kappa shape index (κ3) is 3.08. The second kappa shape index (κ2) is 6.38. The summed E-state index contributed by atoms with van der Waals surface area (Å²) in [6, 6.07) is 7.11. The van der Waals surface area contributed by atoms with Crippen LogP contribution in [0.25, 0.3) is 0 Å². The van der Waals surface area contributed by atoms with Crippen molar-refractivity contribution in [3.63, 3.8) is 0 Å². The van der Waals surface area contributed by atoms with Crippen LogP contribution in [0.15, 0.2) is 24.3 Å². The summed E-state index contributed by atoms with van der Waals surface area (Å²) in [6.07, 6.45) is 3.70. The predicted octanol–water partition coefficient (Wildman–Crippen LogP) is 1.55. The molecule has 5 nitrogen and oxygen atoms in total. The average Bonchev–Trinajstić information content (AvgIpc) is 2.96. The van der Waals surface area contributed by atoms with Crippen molar-refractivity contribution in [3.8, 4) is 5.75 Å². The van der Waals surface area contributed by atoms with E-state index < -0.39 is 0 Å². The molecule has 2 aliphatic rings. The summed E-state index contributed by atoms with van der Waals surface area (Å²) in [6.45, 7) is 2.19. The van der Waals surface area contributed by atoms with E-state index in [0.29, 0.717) is 18.5 Å². The smallest absolute Gasteiger partial charge is 0.227 e. The molecular weight excluding hydrogens is 280 g/mol. The molecule has 0 spiro atoms. The fourth-order valence-electron chi connectivity index (χ4n) is 3.43. The van der Waals surface area contributed by atoms with Crippen molar-refractivity contribution in [1.29, 1.82) is 0 Å². The summed E-state index contributed by atoms with van der Waals surface area (Å²) in [5.74, 6) is 0.414. The van der Waals surface area contributed by atoms with E-state index in [2.05, 4.69) is 0 Å². The van der Waals surface area contributed by atoms with E-state index in [0.717, 1.165) is 32.4 Å². The predicted molar refractivity (Wildman–Crippen MR) is 82.4 cm³/mol. The zero-order chi connectivity index (χ0) is 15.5. The number of para-hydroxylation sites is 1. The highest BCUT2D eigenvalue weighted by atomic mass is 16.3. The molecule has 1 aromatic rings.